The van der Waals surface area contributed by atoms with Gasteiger partial charge < -0.3 is 19.4 Å². The topological polar surface area (TPSA) is 122 Å². The SMILES string of the molecule is CC[C@H](C)CCNN(C(=O)C(Cc1cccc(C(=O)OC)c1)c1cncn1Cc1ccc(C#N)cc1)C(=S)Nc1ccc(OC)cc1. The third kappa shape index (κ3) is 9.48. The predicted molar refractivity (Wildman–Crippen MR) is 185 cm³/mol. The Labute approximate surface area is 281 Å². The number of nitrogens with one attached hydrogen (secondary N) is 2. The second-order valence-electron chi connectivity index (χ2n) is 11.2. The van der Waals surface area contributed by atoms with Gasteiger partial charge in [0, 0.05) is 25.0 Å². The van der Waals surface area contributed by atoms with E-state index in [4.69, 9.17) is 21.7 Å². The van der Waals surface area contributed by atoms with E-state index < -0.39 is 11.9 Å². The zero-order valence-corrected chi connectivity index (χ0v) is 27.9. The molecule has 0 bridgehead atoms. The molecule has 4 aromatic rings. The number of hydrogen-bond acceptors (Lipinski definition) is 8. The summed E-state index contributed by atoms with van der Waals surface area (Å²) in [7, 11) is 2.94. The highest BCUT2D eigenvalue weighted by atomic mass is 32.1. The third-order valence-corrected chi connectivity index (χ3v) is 8.28. The van der Waals surface area contributed by atoms with Crippen molar-refractivity contribution in [1.29, 1.82) is 5.26 Å². The minimum absolute atomic E-state index is 0.191. The molecule has 0 saturated heterocycles. The first-order valence-corrected chi connectivity index (χ1v) is 15.9. The summed E-state index contributed by atoms with van der Waals surface area (Å²) in [4.78, 5) is 31.5. The van der Waals surface area contributed by atoms with E-state index >= 15 is 0 Å². The van der Waals surface area contributed by atoms with E-state index in [1.807, 2.05) is 47.0 Å². The Morgan fingerprint density at radius 2 is 1.81 bits per heavy atom. The fraction of sp³-hybridized carbons (Fsp3) is 0.306. The highest BCUT2D eigenvalue weighted by Crippen LogP contribution is 2.26. The molecule has 47 heavy (non-hydrogen) atoms. The van der Waals surface area contributed by atoms with Crippen molar-refractivity contribution in [2.24, 2.45) is 5.92 Å². The largest absolute Gasteiger partial charge is 0.497 e. The molecule has 2 N–H and O–H groups in total. The summed E-state index contributed by atoms with van der Waals surface area (Å²) in [6, 6.07) is 23.8. The van der Waals surface area contributed by atoms with Crippen LogP contribution in [0.2, 0.25) is 0 Å². The van der Waals surface area contributed by atoms with Crippen molar-refractivity contribution in [3.8, 4) is 11.8 Å². The van der Waals surface area contributed by atoms with Gasteiger partial charge in [0.25, 0.3) is 5.91 Å². The number of carbonyl (C=O) groups excluding carboxylic acids is 2. The number of aromatic nitrogens is 2. The van der Waals surface area contributed by atoms with Gasteiger partial charge in [-0.15, -0.1) is 0 Å². The number of hydrogen-bond donors (Lipinski definition) is 2. The first-order chi connectivity index (χ1) is 22.8. The Balaban J connectivity index is 1.71. The number of amides is 1. The zero-order valence-electron chi connectivity index (χ0n) is 27.1. The number of benzene rings is 3. The van der Waals surface area contributed by atoms with Crippen molar-refractivity contribution >= 4 is 34.9 Å². The number of nitrogens with zero attached hydrogens (tertiary/aromatic N) is 4. The molecule has 11 heteroatoms. The van der Waals surface area contributed by atoms with Crippen LogP contribution in [-0.4, -0.2) is 52.3 Å². The second kappa shape index (κ2) is 17.0. The monoisotopic (exact) mass is 652 g/mol. The van der Waals surface area contributed by atoms with Gasteiger partial charge in [0.05, 0.1) is 49.4 Å². The van der Waals surface area contributed by atoms with Crippen LogP contribution in [0, 0.1) is 17.2 Å². The lowest BCUT2D eigenvalue weighted by Crippen LogP contribution is -2.51. The van der Waals surface area contributed by atoms with E-state index in [1.54, 1.807) is 50.0 Å². The number of hydrazine groups is 1. The van der Waals surface area contributed by atoms with Crippen LogP contribution in [0.3, 0.4) is 0 Å². The van der Waals surface area contributed by atoms with Gasteiger partial charge in [0.2, 0.25) is 0 Å². The van der Waals surface area contributed by atoms with Crippen LogP contribution in [-0.2, 0) is 22.5 Å². The highest BCUT2D eigenvalue weighted by Gasteiger charge is 2.32. The number of esters is 1. The summed E-state index contributed by atoms with van der Waals surface area (Å²) in [6.45, 7) is 5.26. The maximum atomic E-state index is 14.7. The molecule has 4 rings (SSSR count). The number of rotatable bonds is 14. The minimum atomic E-state index is -0.740. The summed E-state index contributed by atoms with van der Waals surface area (Å²) in [5.41, 5.74) is 7.34. The molecule has 1 aromatic heterocycles. The molecule has 0 aliphatic carbocycles. The van der Waals surface area contributed by atoms with E-state index in [0.29, 0.717) is 47.3 Å². The smallest absolute Gasteiger partial charge is 0.337 e. The number of thiocarbonyl (C=S) groups is 1. The number of methoxy groups -OCH3 is 2. The Bertz CT molecular complexity index is 1700. The van der Waals surface area contributed by atoms with E-state index in [-0.39, 0.29) is 17.4 Å². The molecule has 1 amide bonds. The lowest BCUT2D eigenvalue weighted by atomic mass is 9.94. The molecule has 0 radical (unpaired) electrons. The fourth-order valence-corrected chi connectivity index (χ4v) is 5.29. The number of ether oxygens (including phenoxy) is 2. The van der Waals surface area contributed by atoms with Crippen molar-refractivity contribution in [2.45, 2.75) is 45.6 Å². The van der Waals surface area contributed by atoms with E-state index in [0.717, 1.165) is 24.0 Å². The summed E-state index contributed by atoms with van der Waals surface area (Å²) in [6.07, 6.45) is 5.49. The molecule has 244 valence electrons. The molecule has 1 unspecified atom stereocenters. The normalized spacial score (nSPS) is 12.0. The van der Waals surface area contributed by atoms with Crippen molar-refractivity contribution in [3.63, 3.8) is 0 Å². The first-order valence-electron chi connectivity index (χ1n) is 15.4. The maximum absolute atomic E-state index is 14.7. The van der Waals surface area contributed by atoms with E-state index in [2.05, 4.69) is 35.6 Å². The minimum Gasteiger partial charge on any atom is -0.497 e. The highest BCUT2D eigenvalue weighted by molar-refractivity contribution is 7.80. The Morgan fingerprint density at radius 1 is 1.06 bits per heavy atom. The van der Waals surface area contributed by atoms with E-state index in [1.165, 1.54) is 12.1 Å². The van der Waals surface area contributed by atoms with Gasteiger partial charge >= 0.3 is 5.97 Å². The summed E-state index contributed by atoms with van der Waals surface area (Å²) < 4.78 is 12.1. The first kappa shape index (κ1) is 34.8. The van der Waals surface area contributed by atoms with Crippen molar-refractivity contribution < 1.29 is 19.1 Å². The number of imidazole rings is 1. The van der Waals surface area contributed by atoms with Gasteiger partial charge in [-0.3, -0.25) is 4.79 Å². The number of nitriles is 1. The van der Waals surface area contributed by atoms with Crippen molar-refractivity contribution in [3.05, 3.63) is 113 Å². The molecular formula is C36H40N6O4S. The average Bonchev–Trinajstić information content (AvgIpc) is 3.56. The van der Waals surface area contributed by atoms with Crippen molar-refractivity contribution in [2.75, 3.05) is 26.1 Å². The van der Waals surface area contributed by atoms with Crippen LogP contribution in [0.4, 0.5) is 5.69 Å². The maximum Gasteiger partial charge on any atom is 0.337 e. The Kier molecular flexibility index (Phi) is 12.6. The van der Waals surface area contributed by atoms with E-state index in [9.17, 15) is 14.9 Å². The average molecular weight is 653 g/mol. The van der Waals surface area contributed by atoms with Crippen LogP contribution in [0.1, 0.15) is 65.3 Å². The van der Waals surface area contributed by atoms with Crippen LogP contribution in [0.5, 0.6) is 5.75 Å². The number of anilines is 1. The fourth-order valence-electron chi connectivity index (χ4n) is 5.02. The molecule has 0 aliphatic rings. The predicted octanol–water partition coefficient (Wildman–Crippen LogP) is 6.09. The quantitative estimate of drug-likeness (QED) is 0.0947. The Morgan fingerprint density at radius 3 is 2.47 bits per heavy atom. The lowest BCUT2D eigenvalue weighted by molar-refractivity contribution is -0.131. The standard InChI is InChI=1S/C36H40N6O4S/c1-5-25(2)17-18-39-42(36(47)40-30-13-15-31(45-3)16-14-30)34(43)32(20-28-7-6-8-29(19-28)35(44)46-4)33-22-38-24-41(33)23-27-11-9-26(21-37)10-12-27/h6-16,19,22,24-25,32,39H,5,17-18,20,23H2,1-4H3,(H,40,47)/t25-,32?/m0/s1. The van der Waals surface area contributed by atoms with Gasteiger partial charge in [-0.25, -0.2) is 20.2 Å². The molecular weight excluding hydrogens is 613 g/mol. The third-order valence-electron chi connectivity index (χ3n) is 7.99. The summed E-state index contributed by atoms with van der Waals surface area (Å²) in [5, 5.41) is 14.0. The van der Waals surface area contributed by atoms with Crippen LogP contribution >= 0.6 is 12.2 Å². The molecule has 1 heterocycles. The molecule has 3 aromatic carbocycles. The molecule has 0 saturated carbocycles. The molecule has 0 spiro atoms. The molecule has 10 nitrogen and oxygen atoms in total. The van der Waals surface area contributed by atoms with Gasteiger partial charge in [-0.05, 0) is 90.6 Å². The molecule has 0 aliphatic heterocycles. The van der Waals surface area contributed by atoms with Crippen molar-refractivity contribution in [1.82, 2.24) is 20.0 Å². The lowest BCUT2D eigenvalue weighted by Gasteiger charge is -2.29. The van der Waals surface area contributed by atoms with Gasteiger partial charge in [-0.2, -0.15) is 5.26 Å². The molecule has 2 atom stereocenters. The van der Waals surface area contributed by atoms with Crippen LogP contribution in [0.25, 0.3) is 0 Å². The zero-order chi connectivity index (χ0) is 33.8. The van der Waals surface area contributed by atoms with Gasteiger partial charge in [0.15, 0.2) is 5.11 Å². The number of carbonyl (C=O) groups is 2. The molecule has 0 fully saturated rings. The van der Waals surface area contributed by atoms with Crippen LogP contribution < -0.4 is 15.5 Å². The van der Waals surface area contributed by atoms with Gasteiger partial charge in [0.1, 0.15) is 5.75 Å². The van der Waals surface area contributed by atoms with Crippen LogP contribution in [0.15, 0.2) is 85.3 Å². The summed E-state index contributed by atoms with van der Waals surface area (Å²) in [5.74, 6) is -0.335. The Hall–Kier alpha value is -5.05. The second-order valence-corrected chi connectivity index (χ2v) is 11.6. The summed E-state index contributed by atoms with van der Waals surface area (Å²) >= 11 is 5.84. The van der Waals surface area contributed by atoms with Gasteiger partial charge in [-0.1, -0.05) is 44.5 Å².